The lowest BCUT2D eigenvalue weighted by atomic mass is 10.1. The molecule has 2 nitrogen and oxygen atoms in total. The molecular weight excluding hydrogens is 281 g/mol. The van der Waals surface area contributed by atoms with Gasteiger partial charge in [-0.1, -0.05) is 17.9 Å². The molecule has 0 amide bonds. The van der Waals surface area contributed by atoms with Crippen LogP contribution in [0.2, 0.25) is 0 Å². The largest absolute Gasteiger partial charge is 0.489 e. The summed E-state index contributed by atoms with van der Waals surface area (Å²) in [5.74, 6) is 3.07. The van der Waals surface area contributed by atoms with E-state index in [1.54, 1.807) is 0 Å². The molecule has 108 valence electrons. The Morgan fingerprint density at radius 1 is 0.952 bits per heavy atom. The molecule has 21 heavy (non-hydrogen) atoms. The third-order valence-corrected chi connectivity index (χ3v) is 2.60. The molecule has 0 saturated carbocycles. The molecule has 0 heterocycles. The zero-order chi connectivity index (χ0) is 15.2. The fourth-order valence-corrected chi connectivity index (χ4v) is 1.70. The Labute approximate surface area is 119 Å². The number of hydrogen-bond acceptors (Lipinski definition) is 2. The monoisotopic (exact) mass is 292 g/mol. The van der Waals surface area contributed by atoms with Gasteiger partial charge in [0, 0.05) is 29.3 Å². The first-order valence-electron chi connectivity index (χ1n) is 6.05. The first-order valence-corrected chi connectivity index (χ1v) is 6.05. The minimum atomic E-state index is -0.746. The summed E-state index contributed by atoms with van der Waals surface area (Å²) in [7, 11) is 0. The second-order valence-electron chi connectivity index (χ2n) is 4.16. The van der Waals surface area contributed by atoms with Crippen LogP contribution in [-0.4, -0.2) is 11.7 Å². The Kier molecular flexibility index (Phi) is 4.85. The highest BCUT2D eigenvalue weighted by Gasteiger charge is 2.06. The Balaban J connectivity index is 2.19. The molecule has 0 aliphatic rings. The predicted molar refractivity (Wildman–Crippen MR) is 71.1 cm³/mol. The van der Waals surface area contributed by atoms with Gasteiger partial charge in [-0.15, -0.1) is 0 Å². The van der Waals surface area contributed by atoms with Gasteiger partial charge in [-0.25, -0.2) is 13.2 Å². The quantitative estimate of drug-likeness (QED) is 0.881. The minimum absolute atomic E-state index is 0.0258. The number of aliphatic hydroxyl groups excluding tert-OH is 1. The van der Waals surface area contributed by atoms with Gasteiger partial charge in [0.25, 0.3) is 0 Å². The summed E-state index contributed by atoms with van der Waals surface area (Å²) in [5, 5.41) is 8.67. The summed E-state index contributed by atoms with van der Waals surface area (Å²) < 4.78 is 44.5. The second-order valence-corrected chi connectivity index (χ2v) is 4.16. The highest BCUT2D eigenvalue weighted by molar-refractivity contribution is 5.41. The smallest absolute Gasteiger partial charge is 0.129 e. The van der Waals surface area contributed by atoms with Crippen molar-refractivity contribution in [3.8, 4) is 17.6 Å². The fourth-order valence-electron chi connectivity index (χ4n) is 1.70. The SMILES string of the molecule is OCC#Cc1cc(F)ccc1COc1cc(F)cc(F)c1. The first kappa shape index (κ1) is 14.9. The first-order chi connectivity index (χ1) is 10.1. The molecule has 0 spiro atoms. The Hall–Kier alpha value is -2.45. The maximum Gasteiger partial charge on any atom is 0.129 e. The Bertz CT molecular complexity index is 682. The molecule has 1 N–H and O–H groups in total. The molecule has 0 radical (unpaired) electrons. The van der Waals surface area contributed by atoms with E-state index in [1.807, 2.05) is 0 Å². The summed E-state index contributed by atoms with van der Waals surface area (Å²) in [5.41, 5.74) is 0.892. The van der Waals surface area contributed by atoms with Gasteiger partial charge < -0.3 is 9.84 Å². The molecule has 0 aliphatic carbocycles. The number of rotatable bonds is 3. The maximum atomic E-state index is 13.2. The normalized spacial score (nSPS) is 9.90. The fraction of sp³-hybridized carbons (Fsp3) is 0.125. The van der Waals surface area contributed by atoms with Crippen LogP contribution < -0.4 is 4.74 Å². The van der Waals surface area contributed by atoms with E-state index in [0.29, 0.717) is 11.1 Å². The van der Waals surface area contributed by atoms with Gasteiger partial charge in [-0.05, 0) is 12.1 Å². The number of ether oxygens (including phenoxy) is 1. The van der Waals surface area contributed by atoms with E-state index in [9.17, 15) is 13.2 Å². The standard InChI is InChI=1S/C16H11F3O2/c17-13-4-3-12(11(6-13)2-1-5-20)10-21-16-8-14(18)7-15(19)9-16/h3-4,6-9,20H,5,10H2. The molecule has 0 atom stereocenters. The molecule has 0 aromatic heterocycles. The number of hydrogen-bond donors (Lipinski definition) is 1. The van der Waals surface area contributed by atoms with Crippen molar-refractivity contribution in [3.63, 3.8) is 0 Å². The molecule has 0 bridgehead atoms. The molecule has 0 aliphatic heterocycles. The van der Waals surface area contributed by atoms with Crippen molar-refractivity contribution in [1.29, 1.82) is 0 Å². The van der Waals surface area contributed by atoms with Gasteiger partial charge in [0.1, 0.15) is 36.4 Å². The van der Waals surface area contributed by atoms with Gasteiger partial charge in [0.05, 0.1) is 0 Å². The molecule has 0 fully saturated rings. The van der Waals surface area contributed by atoms with Crippen LogP contribution in [-0.2, 0) is 6.61 Å². The van der Waals surface area contributed by atoms with Crippen LogP contribution in [0.5, 0.6) is 5.75 Å². The second kappa shape index (κ2) is 6.82. The number of aliphatic hydroxyl groups is 1. The van der Waals surface area contributed by atoms with Crippen LogP contribution in [0, 0.1) is 29.3 Å². The van der Waals surface area contributed by atoms with E-state index in [4.69, 9.17) is 9.84 Å². The number of benzene rings is 2. The van der Waals surface area contributed by atoms with Crippen molar-refractivity contribution < 1.29 is 23.0 Å². The summed E-state index contributed by atoms with van der Waals surface area (Å²) in [6.07, 6.45) is 0. The summed E-state index contributed by atoms with van der Waals surface area (Å²) in [6, 6.07) is 6.73. The van der Waals surface area contributed by atoms with Crippen molar-refractivity contribution in [2.45, 2.75) is 6.61 Å². The van der Waals surface area contributed by atoms with Gasteiger partial charge in [-0.3, -0.25) is 0 Å². The van der Waals surface area contributed by atoms with Gasteiger partial charge in [-0.2, -0.15) is 0 Å². The van der Waals surface area contributed by atoms with Crippen molar-refractivity contribution in [2.24, 2.45) is 0 Å². The van der Waals surface area contributed by atoms with Crippen LogP contribution in [0.3, 0.4) is 0 Å². The summed E-state index contributed by atoms with van der Waals surface area (Å²) >= 11 is 0. The molecule has 0 unspecified atom stereocenters. The van der Waals surface area contributed by atoms with E-state index in [0.717, 1.165) is 18.2 Å². The topological polar surface area (TPSA) is 29.5 Å². The van der Waals surface area contributed by atoms with Gasteiger partial charge in [0.2, 0.25) is 0 Å². The van der Waals surface area contributed by atoms with E-state index >= 15 is 0 Å². The lowest BCUT2D eigenvalue weighted by molar-refractivity contribution is 0.302. The average Bonchev–Trinajstić information content (AvgIpc) is 2.43. The van der Waals surface area contributed by atoms with Crippen molar-refractivity contribution in [2.75, 3.05) is 6.61 Å². The van der Waals surface area contributed by atoms with Crippen LogP contribution in [0.1, 0.15) is 11.1 Å². The molecule has 2 rings (SSSR count). The number of halogens is 3. The molecular formula is C16H11F3O2. The van der Waals surface area contributed by atoms with Crippen molar-refractivity contribution >= 4 is 0 Å². The minimum Gasteiger partial charge on any atom is -0.489 e. The van der Waals surface area contributed by atoms with E-state index in [1.165, 1.54) is 18.2 Å². The summed E-state index contributed by atoms with van der Waals surface area (Å²) in [6.45, 7) is -0.384. The highest BCUT2D eigenvalue weighted by Crippen LogP contribution is 2.18. The zero-order valence-corrected chi connectivity index (χ0v) is 10.9. The third-order valence-electron chi connectivity index (χ3n) is 2.60. The van der Waals surface area contributed by atoms with Crippen LogP contribution in [0.4, 0.5) is 13.2 Å². The van der Waals surface area contributed by atoms with Crippen LogP contribution in [0.15, 0.2) is 36.4 Å². The zero-order valence-electron chi connectivity index (χ0n) is 10.9. The van der Waals surface area contributed by atoms with Crippen LogP contribution in [0.25, 0.3) is 0 Å². The van der Waals surface area contributed by atoms with Crippen molar-refractivity contribution in [3.05, 3.63) is 65.0 Å². The molecule has 2 aromatic rings. The highest BCUT2D eigenvalue weighted by atomic mass is 19.1. The lowest BCUT2D eigenvalue weighted by Crippen LogP contribution is -2.00. The van der Waals surface area contributed by atoms with Crippen LogP contribution >= 0.6 is 0 Å². The van der Waals surface area contributed by atoms with Gasteiger partial charge in [0.15, 0.2) is 0 Å². The third kappa shape index (κ3) is 4.26. The van der Waals surface area contributed by atoms with E-state index in [2.05, 4.69) is 11.8 Å². The van der Waals surface area contributed by atoms with E-state index in [-0.39, 0.29) is 19.0 Å². The molecule has 2 aromatic carbocycles. The summed E-state index contributed by atoms with van der Waals surface area (Å²) in [4.78, 5) is 0. The van der Waals surface area contributed by atoms with Gasteiger partial charge >= 0.3 is 0 Å². The lowest BCUT2D eigenvalue weighted by Gasteiger charge is -2.08. The van der Waals surface area contributed by atoms with Crippen molar-refractivity contribution in [1.82, 2.24) is 0 Å². The molecule has 0 saturated heterocycles. The average molecular weight is 292 g/mol. The Morgan fingerprint density at radius 2 is 1.67 bits per heavy atom. The molecule has 5 heteroatoms. The Morgan fingerprint density at radius 3 is 2.33 bits per heavy atom. The maximum absolute atomic E-state index is 13.2. The predicted octanol–water partition coefficient (Wildman–Crippen LogP) is 3.03. The van der Waals surface area contributed by atoms with E-state index < -0.39 is 17.5 Å².